The molecular weight excluding hydrogens is 356 g/mol. The molecule has 29 heavy (non-hydrogen) atoms. The van der Waals surface area contributed by atoms with Crippen LogP contribution in [-0.4, -0.2) is 25.7 Å². The number of aliphatic imine (C=N–C) groups is 2. The van der Waals surface area contributed by atoms with Gasteiger partial charge < -0.3 is 4.74 Å². The Morgan fingerprint density at radius 3 is 2.10 bits per heavy atom. The average Bonchev–Trinajstić information content (AvgIpc) is 2.72. The Morgan fingerprint density at radius 2 is 1.48 bits per heavy atom. The molecular formula is C26H44N2O. The van der Waals surface area contributed by atoms with E-state index in [0.717, 1.165) is 30.6 Å². The van der Waals surface area contributed by atoms with Crippen LogP contribution in [0.1, 0.15) is 91.4 Å². The molecule has 0 saturated heterocycles. The Morgan fingerprint density at radius 1 is 0.862 bits per heavy atom. The van der Waals surface area contributed by atoms with Gasteiger partial charge in [-0.15, -0.1) is 0 Å². The summed E-state index contributed by atoms with van der Waals surface area (Å²) in [5.74, 6) is 1.37. The lowest BCUT2D eigenvalue weighted by atomic mass is 10.1. The summed E-state index contributed by atoms with van der Waals surface area (Å²) in [4.78, 5) is 8.87. The van der Waals surface area contributed by atoms with Crippen LogP contribution in [0.5, 0.6) is 0 Å². The maximum atomic E-state index is 5.67. The molecule has 0 radical (unpaired) electrons. The van der Waals surface area contributed by atoms with Gasteiger partial charge in [0.1, 0.15) is 5.76 Å². The Balaban J connectivity index is 4.41. The summed E-state index contributed by atoms with van der Waals surface area (Å²) < 4.78 is 5.67. The zero-order chi connectivity index (χ0) is 21.7. The second kappa shape index (κ2) is 19.4. The van der Waals surface area contributed by atoms with Gasteiger partial charge in [0.15, 0.2) is 5.84 Å². The van der Waals surface area contributed by atoms with Gasteiger partial charge in [-0.3, -0.25) is 4.99 Å². The van der Waals surface area contributed by atoms with Crippen molar-refractivity contribution in [3.63, 3.8) is 0 Å². The van der Waals surface area contributed by atoms with E-state index < -0.39 is 0 Å². The fourth-order valence-electron chi connectivity index (χ4n) is 2.87. The second-order valence-corrected chi connectivity index (χ2v) is 7.43. The Hall–Kier alpha value is -1.90. The van der Waals surface area contributed by atoms with Crippen LogP contribution in [0.4, 0.5) is 0 Å². The lowest BCUT2D eigenvalue weighted by molar-refractivity contribution is 0.218. The molecule has 0 amide bonds. The van der Waals surface area contributed by atoms with E-state index in [9.17, 15) is 0 Å². The van der Waals surface area contributed by atoms with Crippen LogP contribution < -0.4 is 0 Å². The quantitative estimate of drug-likeness (QED) is 0.0800. The van der Waals surface area contributed by atoms with Crippen LogP contribution in [-0.2, 0) is 4.74 Å². The molecule has 0 aromatic rings. The Bertz CT molecular complexity index is 567. The minimum Gasteiger partial charge on any atom is -0.494 e. The molecule has 0 aromatic carbocycles. The molecule has 0 bridgehead atoms. The first-order valence-corrected chi connectivity index (χ1v) is 11.4. The zero-order valence-electron chi connectivity index (χ0n) is 19.5. The Kier molecular flexibility index (Phi) is 18.1. The highest BCUT2D eigenvalue weighted by atomic mass is 16.5. The molecule has 0 spiro atoms. The van der Waals surface area contributed by atoms with Gasteiger partial charge in [0.05, 0.1) is 6.61 Å². The first-order chi connectivity index (χ1) is 14.1. The largest absolute Gasteiger partial charge is 0.494 e. The van der Waals surface area contributed by atoms with Crippen molar-refractivity contribution in [2.24, 2.45) is 9.98 Å². The summed E-state index contributed by atoms with van der Waals surface area (Å²) >= 11 is 0. The summed E-state index contributed by atoms with van der Waals surface area (Å²) in [7, 11) is 1.76. The second-order valence-electron chi connectivity index (χ2n) is 7.43. The van der Waals surface area contributed by atoms with Crippen LogP contribution in [0.2, 0.25) is 0 Å². The van der Waals surface area contributed by atoms with E-state index in [2.05, 4.69) is 37.0 Å². The van der Waals surface area contributed by atoms with Crippen molar-refractivity contribution >= 4 is 12.1 Å². The van der Waals surface area contributed by atoms with Gasteiger partial charge in [-0.05, 0) is 43.9 Å². The third kappa shape index (κ3) is 15.7. The molecule has 0 aliphatic rings. The predicted octanol–water partition coefficient (Wildman–Crippen LogP) is 8.01. The van der Waals surface area contributed by atoms with Crippen LogP contribution in [0.3, 0.4) is 0 Å². The van der Waals surface area contributed by atoms with E-state index in [-0.39, 0.29) is 0 Å². The normalized spacial score (nSPS) is 12.8. The highest BCUT2D eigenvalue weighted by molar-refractivity contribution is 6.06. The summed E-state index contributed by atoms with van der Waals surface area (Å²) in [6.45, 7) is 15.3. The first-order valence-electron chi connectivity index (χ1n) is 11.4. The van der Waals surface area contributed by atoms with Crippen molar-refractivity contribution in [3.8, 4) is 0 Å². The van der Waals surface area contributed by atoms with Crippen molar-refractivity contribution in [2.45, 2.75) is 91.4 Å². The number of amidine groups is 1. The molecule has 0 aliphatic carbocycles. The number of rotatable bonds is 17. The lowest BCUT2D eigenvalue weighted by Crippen LogP contribution is -1.99. The fourth-order valence-corrected chi connectivity index (χ4v) is 2.87. The van der Waals surface area contributed by atoms with Gasteiger partial charge in [-0.1, -0.05) is 84.4 Å². The van der Waals surface area contributed by atoms with Gasteiger partial charge in [-0.2, -0.15) is 0 Å². The predicted molar refractivity (Wildman–Crippen MR) is 131 cm³/mol. The third-order valence-electron chi connectivity index (χ3n) is 4.74. The van der Waals surface area contributed by atoms with Gasteiger partial charge >= 0.3 is 0 Å². The molecule has 0 N–H and O–H groups in total. The van der Waals surface area contributed by atoms with Crippen LogP contribution >= 0.6 is 0 Å². The number of nitrogens with zero attached hydrogens (tertiary/aromatic N) is 2. The van der Waals surface area contributed by atoms with Crippen LogP contribution in [0.15, 0.2) is 58.3 Å². The molecule has 0 fully saturated rings. The molecule has 0 saturated carbocycles. The maximum absolute atomic E-state index is 5.67. The van der Waals surface area contributed by atoms with Crippen molar-refractivity contribution < 1.29 is 4.74 Å². The van der Waals surface area contributed by atoms with E-state index in [0.29, 0.717) is 11.6 Å². The Labute approximate surface area is 180 Å². The molecule has 0 unspecified atom stereocenters. The molecule has 164 valence electrons. The topological polar surface area (TPSA) is 34.0 Å². The van der Waals surface area contributed by atoms with Crippen LogP contribution in [0, 0.1) is 0 Å². The number of ether oxygens (including phenoxy) is 1. The van der Waals surface area contributed by atoms with Gasteiger partial charge in [0.2, 0.25) is 0 Å². The minimum absolute atomic E-state index is 0.674. The van der Waals surface area contributed by atoms with Gasteiger partial charge in [0.25, 0.3) is 0 Å². The summed E-state index contributed by atoms with van der Waals surface area (Å²) in [5, 5.41) is 0. The number of allylic oxidation sites excluding steroid dienone is 3. The number of hydrogen-bond donors (Lipinski definition) is 0. The van der Waals surface area contributed by atoms with Gasteiger partial charge in [-0.25, -0.2) is 4.99 Å². The molecule has 0 heterocycles. The zero-order valence-corrected chi connectivity index (χ0v) is 19.5. The summed E-state index contributed by atoms with van der Waals surface area (Å²) in [6, 6.07) is 0. The fraction of sp³-hybridized carbons (Fsp3) is 0.615. The number of hydrogen-bond acceptors (Lipinski definition) is 2. The molecule has 3 nitrogen and oxygen atoms in total. The van der Waals surface area contributed by atoms with Gasteiger partial charge in [0, 0.05) is 18.8 Å². The van der Waals surface area contributed by atoms with Crippen molar-refractivity contribution in [1.82, 2.24) is 0 Å². The first kappa shape index (κ1) is 27.1. The summed E-state index contributed by atoms with van der Waals surface area (Å²) in [6.07, 6.45) is 21.2. The summed E-state index contributed by atoms with van der Waals surface area (Å²) in [5.41, 5.74) is 2.01. The van der Waals surface area contributed by atoms with E-state index in [4.69, 9.17) is 4.74 Å². The minimum atomic E-state index is 0.674. The van der Waals surface area contributed by atoms with Crippen LogP contribution in [0.25, 0.3) is 0 Å². The van der Waals surface area contributed by atoms with E-state index in [1.165, 1.54) is 57.8 Å². The molecule has 3 heteroatoms. The maximum Gasteiger partial charge on any atom is 0.153 e. The van der Waals surface area contributed by atoms with Crippen molar-refractivity contribution in [3.05, 3.63) is 48.3 Å². The number of unbranched alkanes of at least 4 members (excludes halogenated alkanes) is 8. The third-order valence-corrected chi connectivity index (χ3v) is 4.74. The van der Waals surface area contributed by atoms with Crippen molar-refractivity contribution in [1.29, 1.82) is 0 Å². The molecule has 0 rings (SSSR count). The lowest BCUT2D eigenvalue weighted by Gasteiger charge is -2.06. The standard InChI is InChI=1S/C26H44N2O/c1-7-10-12-14-15-16-18-23(4)22-28-26(27-6)25(9-3)20-19-24(5)29-21-17-13-11-8-2/h9,19-20,22H,4-5,7-8,10-18,21H2,1-3,6H3/b20-19-,25-9+,27-26?,28-22?. The SMILES string of the molecule is C=C(C=NC(=NC)C(/C=C\C(=C)OCCCCCC)=C/C)CCCCCCCC. The molecule has 0 aliphatic heterocycles. The molecule has 0 atom stereocenters. The average molecular weight is 401 g/mol. The van der Waals surface area contributed by atoms with E-state index in [1.54, 1.807) is 7.05 Å². The smallest absolute Gasteiger partial charge is 0.153 e. The highest BCUT2D eigenvalue weighted by Gasteiger charge is 2.01. The van der Waals surface area contributed by atoms with E-state index >= 15 is 0 Å². The molecule has 0 aromatic heterocycles. The monoisotopic (exact) mass is 400 g/mol. The highest BCUT2D eigenvalue weighted by Crippen LogP contribution is 2.11. The van der Waals surface area contributed by atoms with E-state index in [1.807, 2.05) is 31.4 Å². The van der Waals surface area contributed by atoms with Crippen molar-refractivity contribution in [2.75, 3.05) is 13.7 Å².